The molecule has 0 spiro atoms. The molecule has 1 aliphatic heterocycles. The first-order valence-electron chi connectivity index (χ1n) is 11.4. The van der Waals surface area contributed by atoms with Gasteiger partial charge in [0.05, 0.1) is 37.6 Å². The van der Waals surface area contributed by atoms with Crippen LogP contribution in [0.4, 0.5) is 10.3 Å². The Labute approximate surface area is 213 Å². The van der Waals surface area contributed by atoms with Crippen LogP contribution in [0.3, 0.4) is 0 Å². The van der Waals surface area contributed by atoms with Crippen LogP contribution in [0.5, 0.6) is 11.5 Å². The summed E-state index contributed by atoms with van der Waals surface area (Å²) in [5.74, 6) is -0.217. The largest absolute Gasteiger partial charge is 0.494 e. The molecule has 194 valence electrons. The number of para-hydroxylation sites is 1. The Morgan fingerprint density at radius 2 is 1.95 bits per heavy atom. The minimum absolute atomic E-state index is 0.0316. The molecule has 4 rings (SSSR count). The number of ether oxygens (including phenoxy) is 2. The van der Waals surface area contributed by atoms with Crippen molar-refractivity contribution in [2.75, 3.05) is 24.7 Å². The summed E-state index contributed by atoms with van der Waals surface area (Å²) < 4.78 is 54.6. The highest BCUT2D eigenvalue weighted by atomic mass is 32.2. The first-order valence-corrected chi connectivity index (χ1v) is 13.1. The molecule has 11 nitrogen and oxygen atoms in total. The Morgan fingerprint density at radius 3 is 2.59 bits per heavy atom. The van der Waals surface area contributed by atoms with Crippen LogP contribution in [0, 0.1) is 17.1 Å². The molecule has 0 bridgehead atoms. The Bertz CT molecular complexity index is 1440. The second-order valence-electron chi connectivity index (χ2n) is 8.32. The van der Waals surface area contributed by atoms with Gasteiger partial charge in [-0.15, -0.1) is 10.2 Å². The Balaban J connectivity index is 1.73. The quantitative estimate of drug-likeness (QED) is 0.431. The summed E-state index contributed by atoms with van der Waals surface area (Å²) >= 11 is 0. The molecule has 37 heavy (non-hydrogen) atoms. The summed E-state index contributed by atoms with van der Waals surface area (Å²) in [5, 5.41) is 20.4. The van der Waals surface area contributed by atoms with Gasteiger partial charge >= 0.3 is 0 Å². The van der Waals surface area contributed by atoms with Crippen LogP contribution in [0.2, 0.25) is 0 Å². The number of anilines is 1. The van der Waals surface area contributed by atoms with Crippen molar-refractivity contribution in [3.63, 3.8) is 0 Å². The van der Waals surface area contributed by atoms with E-state index in [9.17, 15) is 22.9 Å². The minimum Gasteiger partial charge on any atom is -0.494 e. The number of carbonyl (C=O) groups is 1. The van der Waals surface area contributed by atoms with Gasteiger partial charge in [0.1, 0.15) is 23.0 Å². The minimum atomic E-state index is -4.01. The van der Waals surface area contributed by atoms with Crippen LogP contribution in [0.15, 0.2) is 36.4 Å². The highest BCUT2D eigenvalue weighted by Crippen LogP contribution is 2.37. The monoisotopic (exact) mass is 528 g/mol. The molecule has 1 unspecified atom stereocenters. The van der Waals surface area contributed by atoms with Crippen LogP contribution in [-0.4, -0.2) is 49.1 Å². The van der Waals surface area contributed by atoms with E-state index in [4.69, 9.17) is 9.47 Å². The summed E-state index contributed by atoms with van der Waals surface area (Å²) in [6.07, 6.45) is 1.56. The van der Waals surface area contributed by atoms with Gasteiger partial charge in [-0.1, -0.05) is 12.1 Å². The van der Waals surface area contributed by atoms with Crippen molar-refractivity contribution in [1.82, 2.24) is 20.1 Å². The summed E-state index contributed by atoms with van der Waals surface area (Å²) in [7, 11) is -1.09. The molecule has 3 aromatic rings. The lowest BCUT2D eigenvalue weighted by atomic mass is 10.0. The van der Waals surface area contributed by atoms with Crippen molar-refractivity contribution in [3.05, 3.63) is 59.2 Å². The molecule has 1 atom stereocenters. The number of aromatic nitrogens is 3. The number of hydrogen-bond donors (Lipinski definition) is 2. The third kappa shape index (κ3) is 5.64. The van der Waals surface area contributed by atoms with Crippen LogP contribution < -0.4 is 19.5 Å². The van der Waals surface area contributed by atoms with Crippen molar-refractivity contribution in [3.8, 4) is 23.3 Å². The van der Waals surface area contributed by atoms with Gasteiger partial charge in [-0.25, -0.2) is 12.8 Å². The van der Waals surface area contributed by atoms with E-state index in [0.717, 1.165) is 6.07 Å². The van der Waals surface area contributed by atoms with E-state index in [1.807, 2.05) is 6.07 Å². The number of benzene rings is 2. The number of sulfonamides is 1. The average molecular weight is 529 g/mol. The van der Waals surface area contributed by atoms with E-state index in [0.29, 0.717) is 47.8 Å². The molecule has 0 radical (unpaired) electrons. The van der Waals surface area contributed by atoms with Crippen molar-refractivity contribution in [2.24, 2.45) is 0 Å². The zero-order valence-corrected chi connectivity index (χ0v) is 21.0. The van der Waals surface area contributed by atoms with E-state index < -0.39 is 27.6 Å². The van der Waals surface area contributed by atoms with Gasteiger partial charge in [0, 0.05) is 6.42 Å². The van der Waals surface area contributed by atoms with E-state index in [1.54, 1.807) is 18.2 Å². The van der Waals surface area contributed by atoms with Crippen LogP contribution >= 0.6 is 0 Å². The van der Waals surface area contributed by atoms with Crippen LogP contribution in [0.1, 0.15) is 42.3 Å². The Morgan fingerprint density at radius 1 is 1.22 bits per heavy atom. The number of carbonyl (C=O) groups excluding carboxylic acids is 1. The molecule has 1 fully saturated rings. The van der Waals surface area contributed by atoms with Crippen LogP contribution in [0.25, 0.3) is 5.69 Å². The second kappa shape index (κ2) is 10.8. The number of nitrogens with one attached hydrogen (secondary N) is 2. The van der Waals surface area contributed by atoms with Gasteiger partial charge in [-0.3, -0.25) is 14.1 Å². The molecule has 1 amide bonds. The van der Waals surface area contributed by atoms with Crippen LogP contribution in [-0.2, 0) is 21.2 Å². The number of nitrogens with zero attached hydrogens (tertiary/aromatic N) is 4. The SMILES string of the molecule is COc1cccc(OC)c1-n1c(NS(=O)(=O)CCc2ccc(F)cc2C#N)nnc1C1CCCC(=O)N1. The lowest BCUT2D eigenvalue weighted by Crippen LogP contribution is -2.34. The maximum Gasteiger partial charge on any atom is 0.243 e. The fraction of sp³-hybridized carbons (Fsp3) is 0.333. The number of nitriles is 1. The van der Waals surface area contributed by atoms with Gasteiger partial charge in [0.2, 0.25) is 21.9 Å². The number of piperidine rings is 1. The molecule has 1 saturated heterocycles. The smallest absolute Gasteiger partial charge is 0.243 e. The molecular formula is C24H25FN6O5S. The normalized spacial score (nSPS) is 15.5. The molecule has 1 aliphatic rings. The Hall–Kier alpha value is -4.18. The van der Waals surface area contributed by atoms with Gasteiger partial charge in [-0.05, 0) is 49.1 Å². The lowest BCUT2D eigenvalue weighted by molar-refractivity contribution is -0.123. The van der Waals surface area contributed by atoms with Gasteiger partial charge in [0.15, 0.2) is 5.82 Å². The van der Waals surface area contributed by atoms with Gasteiger partial charge in [-0.2, -0.15) is 5.26 Å². The molecule has 2 heterocycles. The summed E-state index contributed by atoms with van der Waals surface area (Å²) in [5.41, 5.74) is 0.815. The van der Waals surface area contributed by atoms with Crippen molar-refractivity contribution in [1.29, 1.82) is 5.26 Å². The molecule has 1 aromatic heterocycles. The number of hydrogen-bond acceptors (Lipinski definition) is 8. The topological polar surface area (TPSA) is 148 Å². The zero-order valence-electron chi connectivity index (χ0n) is 20.2. The third-order valence-electron chi connectivity index (χ3n) is 5.94. The second-order valence-corrected chi connectivity index (χ2v) is 10.2. The van der Waals surface area contributed by atoms with Crippen molar-refractivity contribution < 1.29 is 27.1 Å². The number of halogens is 1. The highest BCUT2D eigenvalue weighted by molar-refractivity contribution is 7.92. The highest BCUT2D eigenvalue weighted by Gasteiger charge is 2.30. The maximum absolute atomic E-state index is 13.5. The molecular weight excluding hydrogens is 503 g/mol. The fourth-order valence-electron chi connectivity index (χ4n) is 4.16. The predicted molar refractivity (Wildman–Crippen MR) is 131 cm³/mol. The molecule has 0 aliphatic carbocycles. The zero-order chi connectivity index (χ0) is 26.6. The lowest BCUT2D eigenvalue weighted by Gasteiger charge is -2.24. The van der Waals surface area contributed by atoms with E-state index >= 15 is 0 Å². The molecule has 2 N–H and O–H groups in total. The van der Waals surface area contributed by atoms with E-state index in [2.05, 4.69) is 20.2 Å². The molecule has 0 saturated carbocycles. The summed E-state index contributed by atoms with van der Waals surface area (Å²) in [6, 6.07) is 10.1. The number of rotatable bonds is 9. The van der Waals surface area contributed by atoms with Gasteiger partial charge in [0.25, 0.3) is 0 Å². The molecule has 2 aromatic carbocycles. The predicted octanol–water partition coefficient (Wildman–Crippen LogP) is 2.62. The number of aryl methyl sites for hydroxylation is 1. The van der Waals surface area contributed by atoms with Crippen molar-refractivity contribution in [2.45, 2.75) is 31.7 Å². The third-order valence-corrected chi connectivity index (χ3v) is 7.17. The molecule has 13 heteroatoms. The Kier molecular flexibility index (Phi) is 7.58. The van der Waals surface area contributed by atoms with Gasteiger partial charge < -0.3 is 14.8 Å². The number of methoxy groups -OCH3 is 2. The first-order chi connectivity index (χ1) is 17.8. The summed E-state index contributed by atoms with van der Waals surface area (Å²) in [6.45, 7) is 0. The average Bonchev–Trinajstić information content (AvgIpc) is 3.29. The first kappa shape index (κ1) is 25.9. The number of amides is 1. The standard InChI is InChI=1S/C24H25FN6O5S/c1-35-19-6-4-7-20(36-2)22(19)31-23(18-5-3-8-21(32)27-18)28-29-24(31)30-37(33,34)12-11-15-9-10-17(25)13-16(15)14-26/h4,6-7,9-10,13,18H,3,5,8,11-12H2,1-2H3,(H,27,32)(H,29,30). The fourth-order valence-corrected chi connectivity index (χ4v) is 5.17. The maximum atomic E-state index is 13.5. The summed E-state index contributed by atoms with van der Waals surface area (Å²) in [4.78, 5) is 12.1. The van der Waals surface area contributed by atoms with E-state index in [-0.39, 0.29) is 23.8 Å². The van der Waals surface area contributed by atoms with Crippen molar-refractivity contribution >= 4 is 21.9 Å². The van der Waals surface area contributed by atoms with E-state index in [1.165, 1.54) is 30.9 Å².